The maximum absolute atomic E-state index is 12.4. The largest absolute Gasteiger partial charge is 0.467 e. The van der Waals surface area contributed by atoms with E-state index in [2.05, 4.69) is 27.0 Å². The third-order valence-electron chi connectivity index (χ3n) is 4.73. The minimum absolute atomic E-state index is 0.0718. The van der Waals surface area contributed by atoms with Gasteiger partial charge in [-0.3, -0.25) is 4.79 Å². The Morgan fingerprint density at radius 3 is 2.70 bits per heavy atom. The number of carbonyl (C=O) groups excluding carboxylic acids is 1. The molecule has 1 atom stereocenters. The molecule has 0 bridgehead atoms. The molecule has 1 amide bonds. The summed E-state index contributed by atoms with van der Waals surface area (Å²) in [6.45, 7) is 4.91. The summed E-state index contributed by atoms with van der Waals surface area (Å²) in [5.41, 5.74) is 0.963. The van der Waals surface area contributed by atoms with E-state index in [-0.39, 0.29) is 17.7 Å². The van der Waals surface area contributed by atoms with E-state index in [4.69, 9.17) is 16.0 Å². The van der Waals surface area contributed by atoms with Crippen molar-refractivity contribution in [2.24, 2.45) is 0 Å². The van der Waals surface area contributed by atoms with Crippen LogP contribution < -0.4 is 5.32 Å². The summed E-state index contributed by atoms with van der Waals surface area (Å²) < 4.78 is 7.45. The fourth-order valence-electron chi connectivity index (χ4n) is 3.13. The quantitative estimate of drug-likeness (QED) is 0.300. The molecule has 8 heteroatoms. The maximum Gasteiger partial charge on any atom is 0.231 e. The van der Waals surface area contributed by atoms with Crippen molar-refractivity contribution in [1.29, 1.82) is 0 Å². The van der Waals surface area contributed by atoms with Crippen LogP contribution in [0.4, 0.5) is 0 Å². The molecular weight excluding hydrogens is 420 g/mol. The van der Waals surface area contributed by atoms with Crippen LogP contribution in [0.1, 0.15) is 51.3 Å². The number of aromatic nitrogens is 3. The molecule has 3 aromatic rings. The lowest BCUT2D eigenvalue weighted by atomic mass is 10.2. The molecular formula is C22H27ClN4O2S. The number of rotatable bonds is 11. The highest BCUT2D eigenvalue weighted by Crippen LogP contribution is 2.26. The fraction of sp³-hybridized carbons (Fsp3) is 0.409. The van der Waals surface area contributed by atoms with Crippen LogP contribution >= 0.6 is 23.4 Å². The summed E-state index contributed by atoms with van der Waals surface area (Å²) in [4.78, 5) is 12.4. The predicted molar refractivity (Wildman–Crippen MR) is 121 cm³/mol. The van der Waals surface area contributed by atoms with Crippen molar-refractivity contribution < 1.29 is 9.21 Å². The Morgan fingerprint density at radius 1 is 1.20 bits per heavy atom. The monoisotopic (exact) mass is 446 g/mol. The lowest BCUT2D eigenvalue weighted by molar-refractivity contribution is -0.119. The van der Waals surface area contributed by atoms with Gasteiger partial charge in [0.25, 0.3) is 0 Å². The minimum Gasteiger partial charge on any atom is -0.467 e. The van der Waals surface area contributed by atoms with Crippen molar-refractivity contribution in [2.75, 3.05) is 5.75 Å². The number of halogens is 1. The Labute approximate surface area is 186 Å². The van der Waals surface area contributed by atoms with Gasteiger partial charge in [-0.2, -0.15) is 0 Å². The van der Waals surface area contributed by atoms with Crippen molar-refractivity contribution in [1.82, 2.24) is 20.1 Å². The van der Waals surface area contributed by atoms with Gasteiger partial charge >= 0.3 is 0 Å². The second-order valence-corrected chi connectivity index (χ2v) is 8.50. The number of nitrogens with zero attached hydrogens (tertiary/aromatic N) is 3. The van der Waals surface area contributed by atoms with Crippen LogP contribution in [0, 0.1) is 0 Å². The first-order valence-electron chi connectivity index (χ1n) is 10.2. The highest BCUT2D eigenvalue weighted by Gasteiger charge is 2.17. The summed E-state index contributed by atoms with van der Waals surface area (Å²) in [5.74, 6) is 1.73. The molecule has 0 saturated carbocycles. The van der Waals surface area contributed by atoms with E-state index in [9.17, 15) is 4.79 Å². The van der Waals surface area contributed by atoms with E-state index in [1.165, 1.54) is 24.6 Å². The molecule has 0 saturated heterocycles. The summed E-state index contributed by atoms with van der Waals surface area (Å²) in [6.07, 6.45) is 6.18. The summed E-state index contributed by atoms with van der Waals surface area (Å²) >= 11 is 7.42. The van der Waals surface area contributed by atoms with E-state index >= 15 is 0 Å². The van der Waals surface area contributed by atoms with Crippen LogP contribution in [0.25, 0.3) is 11.4 Å². The average molecular weight is 447 g/mol. The maximum atomic E-state index is 12.4. The number of benzene rings is 1. The van der Waals surface area contributed by atoms with Crippen molar-refractivity contribution in [3.05, 3.63) is 53.4 Å². The van der Waals surface area contributed by atoms with Crippen molar-refractivity contribution in [3.8, 4) is 11.4 Å². The van der Waals surface area contributed by atoms with Crippen LogP contribution in [0.5, 0.6) is 0 Å². The zero-order valence-corrected chi connectivity index (χ0v) is 18.9. The number of nitrogens with one attached hydrogen (secondary N) is 1. The molecule has 2 aromatic heterocycles. The van der Waals surface area contributed by atoms with Gasteiger partial charge in [0.2, 0.25) is 5.91 Å². The van der Waals surface area contributed by atoms with Gasteiger partial charge in [0.1, 0.15) is 5.76 Å². The topological polar surface area (TPSA) is 73.0 Å². The molecule has 0 aliphatic rings. The molecule has 160 valence electrons. The van der Waals surface area contributed by atoms with Crippen LogP contribution in [0.2, 0.25) is 5.02 Å². The molecule has 3 rings (SSSR count). The Hall–Kier alpha value is -2.25. The summed E-state index contributed by atoms with van der Waals surface area (Å²) in [5, 5.41) is 13.1. The minimum atomic E-state index is -0.176. The standard InChI is InChI=1S/C22H27ClN4O2S/c1-3-4-5-6-13-27-21(17-9-11-18(23)12-10-17)25-26-22(27)30-15-20(28)24-16(2)19-8-7-14-29-19/h7-12,14,16H,3-6,13,15H2,1-2H3,(H,24,28). The molecule has 6 nitrogen and oxygen atoms in total. The first kappa shape index (κ1) is 22.4. The third-order valence-corrected chi connectivity index (χ3v) is 5.95. The molecule has 0 aliphatic heterocycles. The summed E-state index contributed by atoms with van der Waals surface area (Å²) in [6, 6.07) is 11.1. The number of carbonyl (C=O) groups is 1. The predicted octanol–water partition coefficient (Wildman–Crippen LogP) is 5.74. The lowest BCUT2D eigenvalue weighted by Crippen LogP contribution is -2.28. The number of unbranched alkanes of at least 4 members (excludes halogenated alkanes) is 3. The van der Waals surface area contributed by atoms with Gasteiger partial charge in [0.15, 0.2) is 11.0 Å². The highest BCUT2D eigenvalue weighted by molar-refractivity contribution is 7.99. The van der Waals surface area contributed by atoms with E-state index in [1.54, 1.807) is 6.26 Å². The molecule has 0 fully saturated rings. The molecule has 0 spiro atoms. The second kappa shape index (κ2) is 11.2. The molecule has 0 radical (unpaired) electrons. The van der Waals surface area contributed by atoms with E-state index in [0.717, 1.165) is 41.7 Å². The number of hydrogen-bond acceptors (Lipinski definition) is 5. The normalized spacial score (nSPS) is 12.1. The van der Waals surface area contributed by atoms with E-state index < -0.39 is 0 Å². The summed E-state index contributed by atoms with van der Waals surface area (Å²) in [7, 11) is 0. The average Bonchev–Trinajstić information content (AvgIpc) is 3.41. The molecule has 1 N–H and O–H groups in total. The lowest BCUT2D eigenvalue weighted by Gasteiger charge is -2.12. The van der Waals surface area contributed by atoms with Crippen molar-refractivity contribution in [2.45, 2.75) is 57.3 Å². The van der Waals surface area contributed by atoms with Gasteiger partial charge in [-0.05, 0) is 49.7 Å². The highest BCUT2D eigenvalue weighted by atomic mass is 35.5. The number of amides is 1. The van der Waals surface area contributed by atoms with Gasteiger partial charge in [-0.15, -0.1) is 10.2 Å². The molecule has 2 heterocycles. The van der Waals surface area contributed by atoms with Crippen molar-refractivity contribution in [3.63, 3.8) is 0 Å². The van der Waals surface area contributed by atoms with Crippen molar-refractivity contribution >= 4 is 29.3 Å². The van der Waals surface area contributed by atoms with Gasteiger partial charge in [-0.25, -0.2) is 0 Å². The van der Waals surface area contributed by atoms with Gasteiger partial charge in [0, 0.05) is 17.1 Å². The van der Waals surface area contributed by atoms with Crippen LogP contribution in [0.15, 0.2) is 52.2 Å². The third kappa shape index (κ3) is 6.12. The van der Waals surface area contributed by atoms with Gasteiger partial charge in [0.05, 0.1) is 18.1 Å². The van der Waals surface area contributed by atoms with Crippen LogP contribution in [-0.2, 0) is 11.3 Å². The first-order valence-corrected chi connectivity index (χ1v) is 11.6. The zero-order valence-electron chi connectivity index (χ0n) is 17.3. The number of thioether (sulfide) groups is 1. The van der Waals surface area contributed by atoms with Gasteiger partial charge < -0.3 is 14.3 Å². The molecule has 30 heavy (non-hydrogen) atoms. The van der Waals surface area contributed by atoms with Gasteiger partial charge in [-0.1, -0.05) is 49.5 Å². The number of furan rings is 1. The Bertz CT molecular complexity index is 925. The zero-order chi connectivity index (χ0) is 21.3. The molecule has 1 unspecified atom stereocenters. The van der Waals surface area contributed by atoms with Crippen LogP contribution in [0.3, 0.4) is 0 Å². The van der Waals surface area contributed by atoms with E-state index in [1.807, 2.05) is 43.3 Å². The van der Waals surface area contributed by atoms with Crippen LogP contribution in [-0.4, -0.2) is 26.4 Å². The number of hydrogen-bond donors (Lipinski definition) is 1. The Balaban J connectivity index is 1.68. The Kier molecular flexibility index (Phi) is 8.39. The fourth-order valence-corrected chi connectivity index (χ4v) is 4.03. The molecule has 0 aliphatic carbocycles. The molecule has 1 aromatic carbocycles. The Morgan fingerprint density at radius 2 is 2.00 bits per heavy atom. The second-order valence-electron chi connectivity index (χ2n) is 7.12. The smallest absolute Gasteiger partial charge is 0.231 e. The van der Waals surface area contributed by atoms with E-state index in [0.29, 0.717) is 5.02 Å². The first-order chi connectivity index (χ1) is 14.6. The SMILES string of the molecule is CCCCCCn1c(SCC(=O)NC(C)c2ccco2)nnc1-c1ccc(Cl)cc1.